The Hall–Kier alpha value is -1.91. The van der Waals surface area contributed by atoms with Crippen LogP contribution < -0.4 is 14.8 Å². The van der Waals surface area contributed by atoms with E-state index < -0.39 is 0 Å². The fourth-order valence-electron chi connectivity index (χ4n) is 2.36. The molecule has 22 heavy (non-hydrogen) atoms. The van der Waals surface area contributed by atoms with Crippen molar-refractivity contribution in [3.63, 3.8) is 0 Å². The summed E-state index contributed by atoms with van der Waals surface area (Å²) in [5.74, 6) is 1.80. The van der Waals surface area contributed by atoms with Crippen molar-refractivity contribution in [1.82, 2.24) is 4.90 Å². The van der Waals surface area contributed by atoms with Crippen molar-refractivity contribution in [3.05, 3.63) is 17.7 Å². The van der Waals surface area contributed by atoms with E-state index in [1.54, 1.807) is 25.2 Å². The van der Waals surface area contributed by atoms with Crippen LogP contribution in [0.3, 0.4) is 0 Å². The molecule has 2 amide bonds. The van der Waals surface area contributed by atoms with E-state index in [9.17, 15) is 4.79 Å². The minimum Gasteiger partial charge on any atom is -0.493 e. The molecule has 1 unspecified atom stereocenters. The smallest absolute Gasteiger partial charge is 0.321 e. The minimum absolute atomic E-state index is 0.122. The van der Waals surface area contributed by atoms with Gasteiger partial charge in [-0.3, -0.25) is 0 Å². The summed E-state index contributed by atoms with van der Waals surface area (Å²) < 4.78 is 10.5. The monoisotopic (exact) mass is 308 g/mol. The molecule has 0 saturated heterocycles. The van der Waals surface area contributed by atoms with Crippen LogP contribution >= 0.6 is 0 Å². The molecule has 0 bridgehead atoms. The van der Waals surface area contributed by atoms with E-state index in [1.807, 2.05) is 20.0 Å². The first kappa shape index (κ1) is 18.1. The first-order valence-corrected chi connectivity index (χ1v) is 7.56. The summed E-state index contributed by atoms with van der Waals surface area (Å²) >= 11 is 0. The van der Waals surface area contributed by atoms with Crippen molar-refractivity contribution in [2.45, 2.75) is 40.2 Å². The summed E-state index contributed by atoms with van der Waals surface area (Å²) in [5, 5.41) is 2.94. The van der Waals surface area contributed by atoms with Gasteiger partial charge in [-0.15, -0.1) is 0 Å². The van der Waals surface area contributed by atoms with Gasteiger partial charge in [0.25, 0.3) is 0 Å². The molecule has 124 valence electrons. The largest absolute Gasteiger partial charge is 0.493 e. The van der Waals surface area contributed by atoms with Crippen LogP contribution in [0, 0.1) is 12.8 Å². The Morgan fingerprint density at radius 1 is 1.18 bits per heavy atom. The highest BCUT2D eigenvalue weighted by Crippen LogP contribution is 2.33. The van der Waals surface area contributed by atoms with E-state index in [0.29, 0.717) is 17.4 Å². The Morgan fingerprint density at radius 3 is 2.23 bits per heavy atom. The zero-order valence-corrected chi connectivity index (χ0v) is 14.7. The number of nitrogens with one attached hydrogen (secondary N) is 1. The normalized spacial score (nSPS) is 12.0. The second kappa shape index (κ2) is 7.92. The molecule has 0 aliphatic rings. The molecule has 1 N–H and O–H groups in total. The third-order valence-corrected chi connectivity index (χ3v) is 3.77. The number of urea groups is 1. The van der Waals surface area contributed by atoms with Gasteiger partial charge < -0.3 is 19.7 Å². The quantitative estimate of drug-likeness (QED) is 0.867. The van der Waals surface area contributed by atoms with Crippen LogP contribution in [0.1, 0.15) is 32.8 Å². The molecular formula is C17H28N2O3. The lowest BCUT2D eigenvalue weighted by Crippen LogP contribution is -2.39. The van der Waals surface area contributed by atoms with Gasteiger partial charge >= 0.3 is 6.03 Å². The molecule has 1 rings (SSSR count). The number of aryl methyl sites for hydroxylation is 1. The van der Waals surface area contributed by atoms with Crippen molar-refractivity contribution in [3.8, 4) is 11.5 Å². The zero-order chi connectivity index (χ0) is 16.9. The van der Waals surface area contributed by atoms with Crippen molar-refractivity contribution < 1.29 is 14.3 Å². The molecule has 1 aromatic rings. The molecule has 0 aliphatic heterocycles. The molecular weight excluding hydrogens is 280 g/mol. The number of carbonyl (C=O) groups is 1. The third kappa shape index (κ3) is 4.55. The highest BCUT2D eigenvalue weighted by atomic mass is 16.5. The van der Waals surface area contributed by atoms with E-state index in [2.05, 4.69) is 26.1 Å². The fraction of sp³-hybridized carbons (Fsp3) is 0.588. The lowest BCUT2D eigenvalue weighted by atomic mass is 10.0. The zero-order valence-electron chi connectivity index (χ0n) is 14.7. The van der Waals surface area contributed by atoms with Crippen LogP contribution in [-0.4, -0.2) is 38.2 Å². The molecule has 1 atom stereocenters. The summed E-state index contributed by atoms with van der Waals surface area (Å²) in [6.07, 6.45) is 0.967. The molecule has 0 aliphatic carbocycles. The summed E-state index contributed by atoms with van der Waals surface area (Å²) in [7, 11) is 4.99. The Morgan fingerprint density at radius 2 is 1.73 bits per heavy atom. The first-order chi connectivity index (χ1) is 10.3. The van der Waals surface area contributed by atoms with E-state index >= 15 is 0 Å². The number of methoxy groups -OCH3 is 2. The van der Waals surface area contributed by atoms with Gasteiger partial charge in [0.2, 0.25) is 0 Å². The molecule has 5 nitrogen and oxygen atoms in total. The number of hydrogen-bond donors (Lipinski definition) is 1. The summed E-state index contributed by atoms with van der Waals surface area (Å²) in [6, 6.07) is 3.70. The van der Waals surface area contributed by atoms with Gasteiger partial charge in [-0.2, -0.15) is 0 Å². The van der Waals surface area contributed by atoms with E-state index in [0.717, 1.165) is 17.7 Å². The standard InChI is InChI=1S/C17H28N2O3/c1-11(2)8-13(4)19(5)17(20)18-14-10-16(22-7)15(21-6)9-12(14)3/h9-11,13H,8H2,1-7H3,(H,18,20). The SMILES string of the molecule is COc1cc(C)c(NC(=O)N(C)C(C)CC(C)C)cc1OC. The van der Waals surface area contributed by atoms with E-state index in [4.69, 9.17) is 9.47 Å². The third-order valence-electron chi connectivity index (χ3n) is 3.77. The van der Waals surface area contributed by atoms with Crippen LogP contribution in [0.5, 0.6) is 11.5 Å². The highest BCUT2D eigenvalue weighted by Gasteiger charge is 2.18. The lowest BCUT2D eigenvalue weighted by Gasteiger charge is -2.27. The average Bonchev–Trinajstić information content (AvgIpc) is 2.47. The average molecular weight is 308 g/mol. The molecule has 0 saturated carbocycles. The topological polar surface area (TPSA) is 50.8 Å². The first-order valence-electron chi connectivity index (χ1n) is 7.56. The molecule has 5 heteroatoms. The number of rotatable bonds is 6. The van der Waals surface area contributed by atoms with Gasteiger partial charge in [0.1, 0.15) is 0 Å². The fourth-order valence-corrected chi connectivity index (χ4v) is 2.36. The number of amides is 2. The molecule has 0 radical (unpaired) electrons. The number of hydrogen-bond acceptors (Lipinski definition) is 3. The Labute approximate surface area is 133 Å². The van der Waals surface area contributed by atoms with Crippen LogP contribution in [0.25, 0.3) is 0 Å². The van der Waals surface area contributed by atoms with Gasteiger partial charge in [-0.05, 0) is 37.8 Å². The van der Waals surface area contributed by atoms with Gasteiger partial charge in [-0.25, -0.2) is 4.79 Å². The maximum absolute atomic E-state index is 12.4. The second-order valence-electron chi connectivity index (χ2n) is 6.04. The van der Waals surface area contributed by atoms with Crippen LogP contribution in [-0.2, 0) is 0 Å². The molecule has 0 aromatic heterocycles. The van der Waals surface area contributed by atoms with Crippen LogP contribution in [0.4, 0.5) is 10.5 Å². The van der Waals surface area contributed by atoms with Crippen LogP contribution in [0.15, 0.2) is 12.1 Å². The van der Waals surface area contributed by atoms with Gasteiger partial charge in [-0.1, -0.05) is 13.8 Å². The molecule has 0 spiro atoms. The van der Waals surface area contributed by atoms with Crippen LogP contribution in [0.2, 0.25) is 0 Å². The predicted molar refractivity (Wildman–Crippen MR) is 90.0 cm³/mol. The van der Waals surface area contributed by atoms with Gasteiger partial charge in [0.05, 0.1) is 14.2 Å². The molecule has 0 heterocycles. The van der Waals surface area contributed by atoms with Gasteiger partial charge in [0.15, 0.2) is 11.5 Å². The maximum Gasteiger partial charge on any atom is 0.321 e. The van der Waals surface area contributed by atoms with E-state index in [1.165, 1.54) is 0 Å². The number of nitrogens with zero attached hydrogens (tertiary/aromatic N) is 1. The maximum atomic E-state index is 12.4. The van der Waals surface area contributed by atoms with Crippen molar-refractivity contribution in [2.75, 3.05) is 26.6 Å². The van der Waals surface area contributed by atoms with Crippen molar-refractivity contribution in [2.24, 2.45) is 5.92 Å². The summed E-state index contributed by atoms with van der Waals surface area (Å²) in [4.78, 5) is 14.1. The van der Waals surface area contributed by atoms with Crippen molar-refractivity contribution in [1.29, 1.82) is 0 Å². The number of ether oxygens (including phenoxy) is 2. The highest BCUT2D eigenvalue weighted by molar-refractivity contribution is 5.90. The van der Waals surface area contributed by atoms with E-state index in [-0.39, 0.29) is 12.1 Å². The summed E-state index contributed by atoms with van der Waals surface area (Å²) in [5.41, 5.74) is 1.65. The number of benzene rings is 1. The molecule has 0 fully saturated rings. The Bertz CT molecular complexity index is 515. The Balaban J connectivity index is 2.88. The minimum atomic E-state index is -0.122. The molecule has 1 aromatic carbocycles. The number of carbonyl (C=O) groups excluding carboxylic acids is 1. The van der Waals surface area contributed by atoms with Gasteiger partial charge in [0, 0.05) is 24.8 Å². The lowest BCUT2D eigenvalue weighted by molar-refractivity contribution is 0.200. The number of anilines is 1. The predicted octanol–water partition coefficient (Wildman–Crippen LogP) is 3.91. The Kier molecular flexibility index (Phi) is 6.53. The van der Waals surface area contributed by atoms with Crippen molar-refractivity contribution >= 4 is 11.7 Å². The second-order valence-corrected chi connectivity index (χ2v) is 6.04. The summed E-state index contributed by atoms with van der Waals surface area (Å²) in [6.45, 7) is 8.29.